The van der Waals surface area contributed by atoms with E-state index in [2.05, 4.69) is 72.9 Å². The molecule has 0 saturated heterocycles. The van der Waals surface area contributed by atoms with Gasteiger partial charge in [0.1, 0.15) is 12.4 Å². The van der Waals surface area contributed by atoms with E-state index in [0.29, 0.717) is 5.75 Å². The van der Waals surface area contributed by atoms with Crippen LogP contribution in [0.2, 0.25) is 0 Å². The van der Waals surface area contributed by atoms with Crippen LogP contribution in [0.15, 0.2) is 84.9 Å². The van der Waals surface area contributed by atoms with E-state index in [1.54, 1.807) is 0 Å². The van der Waals surface area contributed by atoms with Crippen LogP contribution in [0.3, 0.4) is 0 Å². The van der Waals surface area contributed by atoms with Gasteiger partial charge in [0.25, 0.3) is 0 Å². The summed E-state index contributed by atoms with van der Waals surface area (Å²) in [6.45, 7) is 2.72. The average Bonchev–Trinajstić information content (AvgIpc) is 2.76. The van der Waals surface area contributed by atoms with Gasteiger partial charge in [0.2, 0.25) is 0 Å². The van der Waals surface area contributed by atoms with Gasteiger partial charge in [-0.15, -0.1) is 0 Å². The lowest BCUT2D eigenvalue weighted by Gasteiger charge is -2.17. The number of amides is 1. The van der Waals surface area contributed by atoms with E-state index in [4.69, 9.17) is 9.84 Å². The fourth-order valence-corrected chi connectivity index (χ4v) is 3.33. The lowest BCUT2D eigenvalue weighted by atomic mass is 9.88. The highest BCUT2D eigenvalue weighted by Crippen LogP contribution is 2.34. The molecule has 0 aromatic heterocycles. The van der Waals surface area contributed by atoms with Crippen molar-refractivity contribution in [2.24, 2.45) is 0 Å². The topological polar surface area (TPSA) is 58.6 Å². The summed E-state index contributed by atoms with van der Waals surface area (Å²) in [5.41, 5.74) is 6.00. The van der Waals surface area contributed by atoms with Crippen LogP contribution in [0.25, 0.3) is 11.1 Å². The number of ether oxygens (including phenoxy) is 1. The SMILES string of the molecule is CC/C(=C(\c1ccccc1)c1ccc(OCCNC(=O)O)cc1)c1ccccc1. The third-order valence-electron chi connectivity index (χ3n) is 4.63. The maximum atomic E-state index is 10.5. The van der Waals surface area contributed by atoms with Crippen molar-refractivity contribution in [3.05, 3.63) is 102 Å². The lowest BCUT2D eigenvalue weighted by Crippen LogP contribution is -2.26. The zero-order chi connectivity index (χ0) is 20.5. The molecule has 0 radical (unpaired) electrons. The molecule has 0 atom stereocenters. The number of benzene rings is 3. The summed E-state index contributed by atoms with van der Waals surface area (Å²) in [4.78, 5) is 10.5. The fourth-order valence-electron chi connectivity index (χ4n) is 3.33. The van der Waals surface area contributed by atoms with Gasteiger partial charge in [-0.25, -0.2) is 4.79 Å². The molecule has 3 rings (SSSR count). The van der Waals surface area contributed by atoms with E-state index >= 15 is 0 Å². The van der Waals surface area contributed by atoms with E-state index < -0.39 is 6.09 Å². The van der Waals surface area contributed by atoms with Crippen LogP contribution in [-0.4, -0.2) is 24.4 Å². The van der Waals surface area contributed by atoms with Crippen LogP contribution >= 0.6 is 0 Å². The van der Waals surface area contributed by atoms with Crippen LogP contribution in [0.1, 0.15) is 30.0 Å². The standard InChI is InChI=1S/C25H25NO3/c1-2-23(19-9-5-3-6-10-19)24(20-11-7-4-8-12-20)21-13-15-22(16-14-21)29-18-17-26-25(27)28/h3-16,26H,2,17-18H2,1H3,(H,27,28)/b24-23-. The maximum absolute atomic E-state index is 10.5. The van der Waals surface area contributed by atoms with Crippen LogP contribution in [0.5, 0.6) is 5.75 Å². The zero-order valence-electron chi connectivity index (χ0n) is 16.5. The molecule has 3 aromatic rings. The molecule has 0 unspecified atom stereocenters. The number of rotatable bonds is 8. The molecule has 148 valence electrons. The summed E-state index contributed by atoms with van der Waals surface area (Å²) in [7, 11) is 0. The maximum Gasteiger partial charge on any atom is 0.404 e. The number of nitrogens with one attached hydrogen (secondary N) is 1. The Labute approximate surface area is 171 Å². The molecule has 0 bridgehead atoms. The molecule has 0 aliphatic carbocycles. The van der Waals surface area contributed by atoms with Crippen molar-refractivity contribution in [3.8, 4) is 5.75 Å². The van der Waals surface area contributed by atoms with Gasteiger partial charge in [0.05, 0.1) is 6.54 Å². The largest absolute Gasteiger partial charge is 0.492 e. The van der Waals surface area contributed by atoms with E-state index in [1.807, 2.05) is 24.3 Å². The van der Waals surface area contributed by atoms with Gasteiger partial charge in [0, 0.05) is 0 Å². The van der Waals surface area contributed by atoms with E-state index in [-0.39, 0.29) is 13.2 Å². The number of carboxylic acid groups (broad SMARTS) is 1. The summed E-state index contributed by atoms with van der Waals surface area (Å²) < 4.78 is 5.63. The Morgan fingerprint density at radius 2 is 1.38 bits per heavy atom. The summed E-state index contributed by atoms with van der Waals surface area (Å²) in [6, 6.07) is 28.8. The van der Waals surface area contributed by atoms with Gasteiger partial charge in [-0.1, -0.05) is 79.7 Å². The predicted molar refractivity (Wildman–Crippen MR) is 117 cm³/mol. The molecule has 0 saturated carbocycles. The van der Waals surface area contributed by atoms with E-state index in [9.17, 15) is 4.79 Å². The fraction of sp³-hybridized carbons (Fsp3) is 0.160. The first kappa shape index (κ1) is 20.2. The summed E-state index contributed by atoms with van der Waals surface area (Å²) in [5, 5.41) is 10.9. The smallest absolute Gasteiger partial charge is 0.404 e. The molecule has 3 aromatic carbocycles. The molecule has 0 spiro atoms. The Morgan fingerprint density at radius 1 is 0.828 bits per heavy atom. The van der Waals surface area contributed by atoms with Crippen LogP contribution < -0.4 is 10.1 Å². The monoisotopic (exact) mass is 387 g/mol. The second-order valence-electron chi connectivity index (χ2n) is 6.54. The van der Waals surface area contributed by atoms with Crippen molar-refractivity contribution in [3.63, 3.8) is 0 Å². The number of hydrogen-bond donors (Lipinski definition) is 2. The summed E-state index contributed by atoms with van der Waals surface area (Å²) in [5.74, 6) is 0.714. The van der Waals surface area contributed by atoms with Crippen molar-refractivity contribution in [1.29, 1.82) is 0 Å². The van der Waals surface area contributed by atoms with Crippen LogP contribution in [-0.2, 0) is 0 Å². The van der Waals surface area contributed by atoms with E-state index in [1.165, 1.54) is 22.3 Å². The Hall–Kier alpha value is -3.53. The Balaban J connectivity index is 1.93. The molecule has 1 amide bonds. The minimum atomic E-state index is -1.05. The summed E-state index contributed by atoms with van der Waals surface area (Å²) in [6.07, 6.45) is -0.137. The van der Waals surface area contributed by atoms with Crippen molar-refractivity contribution >= 4 is 17.2 Å². The molecular formula is C25H25NO3. The van der Waals surface area contributed by atoms with Gasteiger partial charge >= 0.3 is 6.09 Å². The molecule has 2 N–H and O–H groups in total. The second-order valence-corrected chi connectivity index (χ2v) is 6.54. The van der Waals surface area contributed by atoms with Gasteiger partial charge in [-0.2, -0.15) is 0 Å². The van der Waals surface area contributed by atoms with Crippen molar-refractivity contribution < 1.29 is 14.6 Å². The first-order chi connectivity index (χ1) is 14.2. The van der Waals surface area contributed by atoms with Crippen LogP contribution in [0.4, 0.5) is 4.79 Å². The zero-order valence-corrected chi connectivity index (χ0v) is 16.5. The highest BCUT2D eigenvalue weighted by atomic mass is 16.5. The van der Waals surface area contributed by atoms with E-state index in [0.717, 1.165) is 12.0 Å². The van der Waals surface area contributed by atoms with Crippen molar-refractivity contribution in [1.82, 2.24) is 5.32 Å². The summed E-state index contributed by atoms with van der Waals surface area (Å²) >= 11 is 0. The minimum absolute atomic E-state index is 0.250. The van der Waals surface area contributed by atoms with Gasteiger partial charge in [-0.3, -0.25) is 0 Å². The minimum Gasteiger partial charge on any atom is -0.492 e. The Kier molecular flexibility index (Phi) is 7.06. The van der Waals surface area contributed by atoms with Gasteiger partial charge < -0.3 is 15.2 Å². The predicted octanol–water partition coefficient (Wildman–Crippen LogP) is 5.70. The number of carbonyl (C=O) groups is 1. The first-order valence-corrected chi connectivity index (χ1v) is 9.73. The Morgan fingerprint density at radius 3 is 1.93 bits per heavy atom. The molecular weight excluding hydrogens is 362 g/mol. The molecule has 4 nitrogen and oxygen atoms in total. The first-order valence-electron chi connectivity index (χ1n) is 9.73. The van der Waals surface area contributed by atoms with Crippen LogP contribution in [0, 0.1) is 0 Å². The van der Waals surface area contributed by atoms with Gasteiger partial charge in [0.15, 0.2) is 0 Å². The third-order valence-corrected chi connectivity index (χ3v) is 4.63. The quantitative estimate of drug-likeness (QED) is 0.385. The molecule has 0 aliphatic heterocycles. The third kappa shape index (κ3) is 5.48. The average molecular weight is 387 g/mol. The molecule has 0 heterocycles. The van der Waals surface area contributed by atoms with Gasteiger partial charge in [-0.05, 0) is 46.4 Å². The molecule has 29 heavy (non-hydrogen) atoms. The lowest BCUT2D eigenvalue weighted by molar-refractivity contribution is 0.191. The number of allylic oxidation sites excluding steroid dienone is 1. The highest BCUT2D eigenvalue weighted by molar-refractivity contribution is 5.98. The molecule has 0 fully saturated rings. The number of hydrogen-bond acceptors (Lipinski definition) is 2. The van der Waals surface area contributed by atoms with Crippen molar-refractivity contribution in [2.75, 3.05) is 13.2 Å². The molecule has 0 aliphatic rings. The Bertz CT molecular complexity index is 948. The second kappa shape index (κ2) is 10.1. The molecule has 4 heteroatoms. The highest BCUT2D eigenvalue weighted by Gasteiger charge is 2.13. The van der Waals surface area contributed by atoms with Crippen molar-refractivity contribution in [2.45, 2.75) is 13.3 Å². The normalized spacial score (nSPS) is 11.5.